The molecular formula is C15H28O4. The van der Waals surface area contributed by atoms with Gasteiger partial charge in [-0.15, -0.1) is 0 Å². The van der Waals surface area contributed by atoms with Crippen LogP contribution in [0.4, 0.5) is 0 Å². The maximum absolute atomic E-state index is 10.2. The average Bonchev–Trinajstić information content (AvgIpc) is 2.42. The lowest BCUT2D eigenvalue weighted by Crippen LogP contribution is -2.47. The number of aliphatic hydroxyl groups excluding tert-OH is 2. The molecule has 1 aliphatic carbocycles. The van der Waals surface area contributed by atoms with E-state index in [9.17, 15) is 10.2 Å². The molecule has 0 aromatic carbocycles. The van der Waals surface area contributed by atoms with Crippen molar-refractivity contribution in [1.82, 2.24) is 0 Å². The molecule has 19 heavy (non-hydrogen) atoms. The lowest BCUT2D eigenvalue weighted by atomic mass is 9.89. The van der Waals surface area contributed by atoms with Crippen molar-refractivity contribution in [3.05, 3.63) is 12.2 Å². The number of rotatable bonds is 9. The Morgan fingerprint density at radius 3 is 2.21 bits per heavy atom. The first-order chi connectivity index (χ1) is 9.24. The average molecular weight is 272 g/mol. The predicted octanol–water partition coefficient (Wildman–Crippen LogP) is 1.90. The highest BCUT2D eigenvalue weighted by Crippen LogP contribution is 2.24. The monoisotopic (exact) mass is 272 g/mol. The molecule has 0 bridgehead atoms. The summed E-state index contributed by atoms with van der Waals surface area (Å²) in [6.07, 6.45) is 6.60. The van der Waals surface area contributed by atoms with E-state index in [2.05, 4.69) is 13.8 Å². The van der Waals surface area contributed by atoms with Crippen molar-refractivity contribution in [3.63, 3.8) is 0 Å². The Labute approximate surface area is 116 Å². The van der Waals surface area contributed by atoms with Crippen LogP contribution in [0.3, 0.4) is 0 Å². The Balaban J connectivity index is 2.57. The molecule has 1 rings (SSSR count). The summed E-state index contributed by atoms with van der Waals surface area (Å²) in [6, 6.07) is 0. The van der Waals surface area contributed by atoms with Crippen molar-refractivity contribution in [3.8, 4) is 0 Å². The summed E-state index contributed by atoms with van der Waals surface area (Å²) in [6.45, 7) is 5.46. The van der Waals surface area contributed by atoms with Crippen molar-refractivity contribution in [1.29, 1.82) is 0 Å². The smallest absolute Gasteiger partial charge is 0.114 e. The highest BCUT2D eigenvalue weighted by Gasteiger charge is 2.36. The van der Waals surface area contributed by atoms with Crippen LogP contribution in [-0.4, -0.2) is 48.3 Å². The first kappa shape index (κ1) is 16.6. The third-order valence-electron chi connectivity index (χ3n) is 3.47. The molecule has 0 amide bonds. The highest BCUT2D eigenvalue weighted by molar-refractivity contribution is 5.08. The lowest BCUT2D eigenvalue weighted by Gasteiger charge is -2.35. The van der Waals surface area contributed by atoms with Gasteiger partial charge in [-0.2, -0.15) is 0 Å². The fraction of sp³-hybridized carbons (Fsp3) is 0.867. The Hall–Kier alpha value is -0.420. The van der Waals surface area contributed by atoms with Crippen LogP contribution in [0.1, 0.15) is 39.5 Å². The normalized spacial score (nSPS) is 30.7. The molecule has 0 radical (unpaired) electrons. The first-order valence-corrected chi connectivity index (χ1v) is 7.45. The molecule has 112 valence electrons. The van der Waals surface area contributed by atoms with Gasteiger partial charge in [0.05, 0.1) is 12.7 Å². The topological polar surface area (TPSA) is 58.9 Å². The maximum atomic E-state index is 10.2. The summed E-state index contributed by atoms with van der Waals surface area (Å²) in [5.74, 6) is -0.252. The minimum Gasteiger partial charge on any atom is -0.396 e. The van der Waals surface area contributed by atoms with Crippen LogP contribution in [0.15, 0.2) is 12.2 Å². The fourth-order valence-corrected chi connectivity index (χ4v) is 2.15. The zero-order chi connectivity index (χ0) is 14.1. The number of unbranched alkanes of at least 4 members (excludes halogenated alkanes) is 2. The van der Waals surface area contributed by atoms with Gasteiger partial charge < -0.3 is 19.7 Å². The summed E-state index contributed by atoms with van der Waals surface area (Å²) < 4.78 is 11.6. The second-order valence-corrected chi connectivity index (χ2v) is 5.10. The van der Waals surface area contributed by atoms with Gasteiger partial charge in [-0.05, 0) is 12.8 Å². The van der Waals surface area contributed by atoms with Gasteiger partial charge in [-0.25, -0.2) is 0 Å². The molecule has 4 atom stereocenters. The van der Waals surface area contributed by atoms with E-state index in [1.807, 2.05) is 12.2 Å². The molecule has 0 saturated carbocycles. The molecule has 4 heteroatoms. The Kier molecular flexibility index (Phi) is 8.30. The van der Waals surface area contributed by atoms with Crippen LogP contribution in [0.2, 0.25) is 0 Å². The maximum Gasteiger partial charge on any atom is 0.114 e. The Morgan fingerprint density at radius 1 is 1.00 bits per heavy atom. The van der Waals surface area contributed by atoms with E-state index < -0.39 is 6.10 Å². The van der Waals surface area contributed by atoms with Gasteiger partial charge in [0.1, 0.15) is 12.2 Å². The molecule has 2 N–H and O–H groups in total. The minimum atomic E-state index is -0.696. The summed E-state index contributed by atoms with van der Waals surface area (Å²) in [4.78, 5) is 0. The van der Waals surface area contributed by atoms with Gasteiger partial charge in [0.15, 0.2) is 0 Å². The molecule has 0 saturated heterocycles. The van der Waals surface area contributed by atoms with Crippen LogP contribution in [0.25, 0.3) is 0 Å². The molecule has 0 aromatic rings. The number of hydrogen-bond acceptors (Lipinski definition) is 4. The van der Waals surface area contributed by atoms with Crippen molar-refractivity contribution < 1.29 is 19.7 Å². The fourth-order valence-electron chi connectivity index (χ4n) is 2.15. The van der Waals surface area contributed by atoms with Crippen LogP contribution in [0.5, 0.6) is 0 Å². The quantitative estimate of drug-likeness (QED) is 0.497. The third kappa shape index (κ3) is 5.22. The predicted molar refractivity (Wildman–Crippen MR) is 75.0 cm³/mol. The van der Waals surface area contributed by atoms with Gasteiger partial charge in [0.25, 0.3) is 0 Å². The highest BCUT2D eigenvalue weighted by atomic mass is 16.5. The van der Waals surface area contributed by atoms with Gasteiger partial charge in [0.2, 0.25) is 0 Å². The minimum absolute atomic E-state index is 0.0625. The summed E-state index contributed by atoms with van der Waals surface area (Å²) in [5, 5.41) is 19.5. The molecule has 0 aliphatic heterocycles. The van der Waals surface area contributed by atoms with Crippen molar-refractivity contribution >= 4 is 0 Å². The lowest BCUT2D eigenvalue weighted by molar-refractivity contribution is -0.127. The van der Waals surface area contributed by atoms with Crippen molar-refractivity contribution in [2.45, 2.75) is 57.8 Å². The summed E-state index contributed by atoms with van der Waals surface area (Å²) in [5.41, 5.74) is 0. The molecule has 0 spiro atoms. The standard InChI is InChI=1S/C15H28O4/c1-3-5-9-18-13-8-7-12(11-16)14(17)15(13)19-10-6-4-2/h7-8,12-17H,3-6,9-11H2,1-2H3/t12-,13+,14-,15-/m1/s1. The second-order valence-electron chi connectivity index (χ2n) is 5.10. The second kappa shape index (κ2) is 9.48. The van der Waals surface area contributed by atoms with Crippen molar-refractivity contribution in [2.75, 3.05) is 19.8 Å². The summed E-state index contributed by atoms with van der Waals surface area (Å²) >= 11 is 0. The number of hydrogen-bond donors (Lipinski definition) is 2. The van der Waals surface area contributed by atoms with Gasteiger partial charge >= 0.3 is 0 Å². The number of aliphatic hydroxyl groups is 2. The van der Waals surface area contributed by atoms with E-state index in [0.29, 0.717) is 13.2 Å². The van der Waals surface area contributed by atoms with Crippen LogP contribution >= 0.6 is 0 Å². The molecule has 0 aromatic heterocycles. The van der Waals surface area contributed by atoms with E-state index in [0.717, 1.165) is 25.7 Å². The van der Waals surface area contributed by atoms with Crippen LogP contribution in [0, 0.1) is 5.92 Å². The molecule has 0 heterocycles. The van der Waals surface area contributed by atoms with E-state index in [4.69, 9.17) is 9.47 Å². The molecule has 0 fully saturated rings. The molecule has 1 aliphatic rings. The Morgan fingerprint density at radius 2 is 1.63 bits per heavy atom. The molecular weight excluding hydrogens is 244 g/mol. The van der Waals surface area contributed by atoms with Crippen LogP contribution < -0.4 is 0 Å². The summed E-state index contributed by atoms with van der Waals surface area (Å²) in [7, 11) is 0. The van der Waals surface area contributed by atoms with E-state index in [1.54, 1.807) is 0 Å². The van der Waals surface area contributed by atoms with E-state index >= 15 is 0 Å². The van der Waals surface area contributed by atoms with E-state index in [-0.39, 0.29) is 24.7 Å². The largest absolute Gasteiger partial charge is 0.396 e. The Bertz CT molecular complexity index is 255. The van der Waals surface area contributed by atoms with Crippen LogP contribution in [-0.2, 0) is 9.47 Å². The van der Waals surface area contributed by atoms with Gasteiger partial charge in [-0.3, -0.25) is 0 Å². The molecule has 0 unspecified atom stereocenters. The van der Waals surface area contributed by atoms with Gasteiger partial charge in [-0.1, -0.05) is 38.8 Å². The zero-order valence-electron chi connectivity index (χ0n) is 12.1. The van der Waals surface area contributed by atoms with Crippen molar-refractivity contribution in [2.24, 2.45) is 5.92 Å². The SMILES string of the molecule is CCCCO[C@H]1[C@H](O)[C@@H](CO)C=C[C@@H]1OCCCC. The molecule has 4 nitrogen and oxygen atoms in total. The zero-order valence-corrected chi connectivity index (χ0v) is 12.1. The third-order valence-corrected chi connectivity index (χ3v) is 3.47. The van der Waals surface area contributed by atoms with Gasteiger partial charge in [0, 0.05) is 19.1 Å². The van der Waals surface area contributed by atoms with E-state index in [1.165, 1.54) is 0 Å². The number of ether oxygens (including phenoxy) is 2. The first-order valence-electron chi connectivity index (χ1n) is 7.45.